The summed E-state index contributed by atoms with van der Waals surface area (Å²) in [4.78, 5) is 22.6. The molecule has 0 radical (unpaired) electrons. The molecule has 1 N–H and O–H groups in total. The Labute approximate surface area is 152 Å². The fourth-order valence-corrected chi connectivity index (χ4v) is 3.71. The molecule has 6 nitrogen and oxygen atoms in total. The molecule has 0 aliphatic carbocycles. The lowest BCUT2D eigenvalue weighted by molar-refractivity contribution is -0.132. The molecule has 3 aromatic rings. The van der Waals surface area contributed by atoms with Crippen molar-refractivity contribution in [2.24, 2.45) is 0 Å². The van der Waals surface area contributed by atoms with Gasteiger partial charge < -0.3 is 19.2 Å². The lowest BCUT2D eigenvalue weighted by atomic mass is 10.0. The highest BCUT2D eigenvalue weighted by atomic mass is 16.5. The molecule has 136 valence electrons. The van der Waals surface area contributed by atoms with Crippen molar-refractivity contribution in [3.05, 3.63) is 47.7 Å². The number of hydrogen-bond donors (Lipinski definition) is 1. The fraction of sp³-hybridized carbons (Fsp3) is 0.400. The number of benzene rings is 1. The Kier molecular flexibility index (Phi) is 4.41. The van der Waals surface area contributed by atoms with Gasteiger partial charge in [0.1, 0.15) is 18.1 Å². The van der Waals surface area contributed by atoms with Crippen molar-refractivity contribution in [1.29, 1.82) is 0 Å². The average molecular weight is 352 g/mol. The predicted octanol–water partition coefficient (Wildman–Crippen LogP) is 2.91. The standard InChI is InChI=1S/C20H24N4O2/c1-3-19-21-8-10-23(19)13-20(25)24-9-7-18-16(12-24)15-11-14(26-4-2)5-6-17(15)22-18/h5-6,8,10-11,22H,3-4,7,9,12-13H2,1-2H3. The summed E-state index contributed by atoms with van der Waals surface area (Å²) in [5.41, 5.74) is 3.55. The highest BCUT2D eigenvalue weighted by Crippen LogP contribution is 2.30. The van der Waals surface area contributed by atoms with E-state index in [0.29, 0.717) is 19.7 Å². The van der Waals surface area contributed by atoms with E-state index in [1.54, 1.807) is 6.20 Å². The number of amides is 1. The molecular formula is C20H24N4O2. The number of rotatable bonds is 5. The van der Waals surface area contributed by atoms with Crippen molar-refractivity contribution >= 4 is 16.8 Å². The molecule has 0 bridgehead atoms. The van der Waals surface area contributed by atoms with Crippen molar-refractivity contribution in [3.8, 4) is 5.75 Å². The second kappa shape index (κ2) is 6.86. The Bertz CT molecular complexity index is 941. The second-order valence-corrected chi connectivity index (χ2v) is 6.61. The van der Waals surface area contributed by atoms with Gasteiger partial charge in [-0.3, -0.25) is 4.79 Å². The molecule has 1 amide bonds. The van der Waals surface area contributed by atoms with E-state index in [4.69, 9.17) is 4.74 Å². The van der Waals surface area contributed by atoms with Gasteiger partial charge in [0, 0.05) is 60.5 Å². The molecule has 0 fully saturated rings. The summed E-state index contributed by atoms with van der Waals surface area (Å²) in [5.74, 6) is 1.96. The molecule has 26 heavy (non-hydrogen) atoms. The normalized spacial score (nSPS) is 13.8. The minimum atomic E-state index is 0.138. The van der Waals surface area contributed by atoms with Gasteiger partial charge in [-0.25, -0.2) is 4.98 Å². The number of aryl methyl sites for hydroxylation is 1. The highest BCUT2D eigenvalue weighted by molar-refractivity contribution is 5.87. The van der Waals surface area contributed by atoms with Crippen molar-refractivity contribution in [2.75, 3.05) is 13.2 Å². The molecular weight excluding hydrogens is 328 g/mol. The van der Waals surface area contributed by atoms with Crippen LogP contribution in [0.3, 0.4) is 0 Å². The lowest BCUT2D eigenvalue weighted by Crippen LogP contribution is -2.38. The summed E-state index contributed by atoms with van der Waals surface area (Å²) in [7, 11) is 0. The van der Waals surface area contributed by atoms with Gasteiger partial charge in [0.25, 0.3) is 0 Å². The van der Waals surface area contributed by atoms with Crippen LogP contribution in [-0.2, 0) is 30.7 Å². The second-order valence-electron chi connectivity index (χ2n) is 6.61. The quantitative estimate of drug-likeness (QED) is 0.768. The number of nitrogens with zero attached hydrogens (tertiary/aromatic N) is 3. The molecule has 3 heterocycles. The van der Waals surface area contributed by atoms with Crippen molar-refractivity contribution in [2.45, 2.75) is 39.8 Å². The molecule has 0 atom stereocenters. The van der Waals surface area contributed by atoms with E-state index < -0.39 is 0 Å². The third-order valence-electron chi connectivity index (χ3n) is 5.03. The van der Waals surface area contributed by atoms with Gasteiger partial charge in [-0.15, -0.1) is 0 Å². The van der Waals surface area contributed by atoms with E-state index in [1.165, 1.54) is 11.3 Å². The minimum Gasteiger partial charge on any atom is -0.494 e. The van der Waals surface area contributed by atoms with Gasteiger partial charge in [-0.2, -0.15) is 0 Å². The summed E-state index contributed by atoms with van der Waals surface area (Å²) in [6.45, 7) is 6.42. The Morgan fingerprint density at radius 1 is 1.35 bits per heavy atom. The first kappa shape index (κ1) is 16.7. The first-order chi connectivity index (χ1) is 12.7. The topological polar surface area (TPSA) is 63.1 Å². The Morgan fingerprint density at radius 2 is 2.23 bits per heavy atom. The Morgan fingerprint density at radius 3 is 3.04 bits per heavy atom. The maximum atomic E-state index is 12.8. The number of carbonyl (C=O) groups excluding carboxylic acids is 1. The largest absolute Gasteiger partial charge is 0.494 e. The maximum Gasteiger partial charge on any atom is 0.242 e. The number of hydrogen-bond acceptors (Lipinski definition) is 3. The number of fused-ring (bicyclic) bond motifs is 3. The molecule has 6 heteroatoms. The molecule has 0 saturated carbocycles. The molecule has 4 rings (SSSR count). The third kappa shape index (κ3) is 2.96. The SMILES string of the molecule is CCOc1ccc2[nH]c3c(c2c1)CN(C(=O)Cn1ccnc1CC)CC3. The highest BCUT2D eigenvalue weighted by Gasteiger charge is 2.24. The minimum absolute atomic E-state index is 0.138. The van der Waals surface area contributed by atoms with Gasteiger partial charge in [0.05, 0.1) is 6.61 Å². The molecule has 1 aliphatic rings. The molecule has 0 spiro atoms. The molecule has 0 unspecified atom stereocenters. The number of carbonyl (C=O) groups is 1. The summed E-state index contributed by atoms with van der Waals surface area (Å²) in [5, 5.41) is 1.15. The van der Waals surface area contributed by atoms with E-state index in [9.17, 15) is 4.79 Å². The van der Waals surface area contributed by atoms with Crippen LogP contribution in [0.2, 0.25) is 0 Å². The van der Waals surface area contributed by atoms with Crippen molar-refractivity contribution in [1.82, 2.24) is 19.4 Å². The molecule has 1 aromatic carbocycles. The Balaban J connectivity index is 1.57. The average Bonchev–Trinajstić information content (AvgIpc) is 3.25. The molecule has 2 aromatic heterocycles. The van der Waals surface area contributed by atoms with E-state index >= 15 is 0 Å². The zero-order valence-electron chi connectivity index (χ0n) is 15.3. The number of nitrogens with one attached hydrogen (secondary N) is 1. The zero-order chi connectivity index (χ0) is 18.1. The summed E-state index contributed by atoms with van der Waals surface area (Å²) >= 11 is 0. The van der Waals surface area contributed by atoms with Crippen LogP contribution in [0.4, 0.5) is 0 Å². The van der Waals surface area contributed by atoms with E-state index in [-0.39, 0.29) is 5.91 Å². The lowest BCUT2D eigenvalue weighted by Gasteiger charge is -2.27. The van der Waals surface area contributed by atoms with Crippen LogP contribution < -0.4 is 4.74 Å². The summed E-state index contributed by atoms with van der Waals surface area (Å²) < 4.78 is 7.58. The maximum absolute atomic E-state index is 12.8. The fourth-order valence-electron chi connectivity index (χ4n) is 3.71. The van der Waals surface area contributed by atoms with E-state index in [2.05, 4.69) is 29.0 Å². The number of aromatic amines is 1. The summed E-state index contributed by atoms with van der Waals surface area (Å²) in [6, 6.07) is 6.12. The number of ether oxygens (including phenoxy) is 1. The number of imidazole rings is 1. The smallest absolute Gasteiger partial charge is 0.242 e. The monoisotopic (exact) mass is 352 g/mol. The van der Waals surface area contributed by atoms with E-state index in [1.807, 2.05) is 28.7 Å². The van der Waals surface area contributed by atoms with Gasteiger partial charge >= 0.3 is 0 Å². The van der Waals surface area contributed by atoms with Gasteiger partial charge in [0.15, 0.2) is 0 Å². The van der Waals surface area contributed by atoms with Crippen LogP contribution in [0.25, 0.3) is 10.9 Å². The van der Waals surface area contributed by atoms with Crippen LogP contribution in [0.5, 0.6) is 5.75 Å². The Hall–Kier alpha value is -2.76. The van der Waals surface area contributed by atoms with Crippen molar-refractivity contribution < 1.29 is 9.53 Å². The van der Waals surface area contributed by atoms with Gasteiger partial charge in [0.2, 0.25) is 5.91 Å². The van der Waals surface area contributed by atoms with Crippen LogP contribution in [-0.4, -0.2) is 38.5 Å². The number of H-pyrrole nitrogens is 1. The third-order valence-corrected chi connectivity index (χ3v) is 5.03. The first-order valence-corrected chi connectivity index (χ1v) is 9.23. The van der Waals surface area contributed by atoms with Crippen LogP contribution in [0.1, 0.15) is 30.9 Å². The number of aromatic nitrogens is 3. The summed E-state index contributed by atoms with van der Waals surface area (Å²) in [6.07, 6.45) is 5.32. The molecule has 0 saturated heterocycles. The van der Waals surface area contributed by atoms with Crippen LogP contribution >= 0.6 is 0 Å². The zero-order valence-corrected chi connectivity index (χ0v) is 15.3. The van der Waals surface area contributed by atoms with Gasteiger partial charge in [-0.1, -0.05) is 6.92 Å². The molecule has 1 aliphatic heterocycles. The van der Waals surface area contributed by atoms with Crippen molar-refractivity contribution in [3.63, 3.8) is 0 Å². The van der Waals surface area contributed by atoms with Gasteiger partial charge in [-0.05, 0) is 25.1 Å². The van der Waals surface area contributed by atoms with E-state index in [0.717, 1.165) is 41.9 Å². The van der Waals surface area contributed by atoms with Crippen LogP contribution in [0.15, 0.2) is 30.6 Å². The van der Waals surface area contributed by atoms with Crippen LogP contribution in [0, 0.1) is 0 Å². The first-order valence-electron chi connectivity index (χ1n) is 9.23. The predicted molar refractivity (Wildman–Crippen MR) is 100 cm³/mol.